The van der Waals surface area contributed by atoms with Gasteiger partial charge in [0.2, 0.25) is 5.88 Å². The van der Waals surface area contributed by atoms with E-state index in [1.54, 1.807) is 19.3 Å². The Kier molecular flexibility index (Phi) is 4.54. The molecular weight excluding hydrogens is 428 g/mol. The Morgan fingerprint density at radius 2 is 2.35 bits per heavy atom. The van der Waals surface area contributed by atoms with Gasteiger partial charge in [-0.25, -0.2) is 4.45 Å². The van der Waals surface area contributed by atoms with Crippen LogP contribution in [-0.4, -0.2) is 30.9 Å². The summed E-state index contributed by atoms with van der Waals surface area (Å²) in [7, 11) is 1.65. The molecule has 1 N–H and O–H groups in total. The monoisotopic (exact) mass is 443 g/mol. The van der Waals surface area contributed by atoms with Gasteiger partial charge in [-0.05, 0) is 41.1 Å². The molecule has 0 aliphatic heterocycles. The summed E-state index contributed by atoms with van der Waals surface area (Å²) in [5, 5.41) is 8.31. The summed E-state index contributed by atoms with van der Waals surface area (Å²) in [6.07, 6.45) is 3.90. The van der Waals surface area contributed by atoms with Crippen LogP contribution in [0.1, 0.15) is 12.6 Å². The van der Waals surface area contributed by atoms with Gasteiger partial charge in [-0.3, -0.25) is 19.6 Å². The minimum atomic E-state index is -0.177. The van der Waals surface area contributed by atoms with Gasteiger partial charge in [0.25, 0.3) is 5.56 Å². The number of ether oxygens (including phenoxy) is 1. The number of halogens is 1. The molecule has 0 saturated heterocycles. The van der Waals surface area contributed by atoms with E-state index in [1.165, 1.54) is 4.68 Å². The lowest BCUT2D eigenvalue weighted by Crippen LogP contribution is -2.13. The van der Waals surface area contributed by atoms with Crippen LogP contribution in [0.2, 0.25) is 0 Å². The van der Waals surface area contributed by atoms with Crippen molar-refractivity contribution in [1.29, 1.82) is 0 Å². The van der Waals surface area contributed by atoms with Crippen molar-refractivity contribution in [3.05, 3.63) is 34.9 Å². The molecular formula is C14H15IN5O2P. The maximum atomic E-state index is 12.4. The first-order valence-corrected chi connectivity index (χ1v) is 11.0. The minimum absolute atomic E-state index is 0.177. The van der Waals surface area contributed by atoms with E-state index in [2.05, 4.69) is 43.8 Å². The van der Waals surface area contributed by atoms with Gasteiger partial charge in [-0.15, -0.1) is 0 Å². The molecule has 120 valence electrons. The smallest absolute Gasteiger partial charge is 0.279 e. The number of aromatic nitrogens is 5. The molecule has 0 aliphatic rings. The lowest BCUT2D eigenvalue weighted by atomic mass is 10.1. The molecule has 3 heterocycles. The molecule has 1 atom stereocenters. The standard InChI is InChI=1S/C14H15IN5O2P/c1-4-9-8-6-10(16-7-11(8)20(17-9)23-15)12-13(22-5-2)18-19(3)14(12)21/h4,6-7,18,23H,1,5H2,2-3H3. The normalized spacial score (nSPS) is 11.6. The average molecular weight is 443 g/mol. The fourth-order valence-corrected chi connectivity index (χ4v) is 3.91. The maximum Gasteiger partial charge on any atom is 0.279 e. The summed E-state index contributed by atoms with van der Waals surface area (Å²) >= 11 is 2.26. The molecule has 0 fully saturated rings. The molecule has 0 radical (unpaired) electrons. The van der Waals surface area contributed by atoms with Crippen LogP contribution < -0.4 is 10.3 Å². The van der Waals surface area contributed by atoms with E-state index in [9.17, 15) is 4.79 Å². The van der Waals surface area contributed by atoms with E-state index in [4.69, 9.17) is 4.74 Å². The number of nitrogens with one attached hydrogen (secondary N) is 1. The number of pyridine rings is 1. The van der Waals surface area contributed by atoms with Crippen LogP contribution in [0.5, 0.6) is 5.88 Å². The predicted molar refractivity (Wildman–Crippen MR) is 102 cm³/mol. The summed E-state index contributed by atoms with van der Waals surface area (Å²) in [5.74, 6) is 0.426. The molecule has 3 aromatic rings. The van der Waals surface area contributed by atoms with Crippen molar-refractivity contribution in [2.24, 2.45) is 7.05 Å². The third-order valence-corrected chi connectivity index (χ3v) is 5.30. The zero-order chi connectivity index (χ0) is 16.6. The second-order valence-corrected chi connectivity index (χ2v) is 6.83. The largest absolute Gasteiger partial charge is 0.478 e. The van der Waals surface area contributed by atoms with Gasteiger partial charge >= 0.3 is 0 Å². The lowest BCUT2D eigenvalue weighted by molar-refractivity contribution is 0.324. The Labute approximate surface area is 147 Å². The Morgan fingerprint density at radius 1 is 1.57 bits per heavy atom. The predicted octanol–water partition coefficient (Wildman–Crippen LogP) is 2.96. The van der Waals surface area contributed by atoms with Crippen molar-refractivity contribution in [3.8, 4) is 17.1 Å². The highest BCUT2D eigenvalue weighted by molar-refractivity contribution is 14.2. The van der Waals surface area contributed by atoms with Crippen molar-refractivity contribution >= 4 is 45.4 Å². The van der Waals surface area contributed by atoms with E-state index < -0.39 is 0 Å². The van der Waals surface area contributed by atoms with Crippen LogP contribution in [0.25, 0.3) is 28.2 Å². The number of H-pyrrole nitrogens is 1. The van der Waals surface area contributed by atoms with Gasteiger partial charge < -0.3 is 4.74 Å². The Hall–Kier alpha value is -1.67. The van der Waals surface area contributed by atoms with Crippen molar-refractivity contribution in [2.75, 3.05) is 6.61 Å². The SMILES string of the molecule is C=Cc1nn(PI)c2cnc(-c3c(OCC)[nH]n(C)c3=O)cc12. The molecule has 3 aromatic heterocycles. The summed E-state index contributed by atoms with van der Waals surface area (Å²) < 4.78 is 8.79. The van der Waals surface area contributed by atoms with Gasteiger partial charge in [0.05, 0.1) is 36.1 Å². The molecule has 0 bridgehead atoms. The molecule has 3 rings (SSSR count). The van der Waals surface area contributed by atoms with Crippen LogP contribution in [0, 0.1) is 0 Å². The molecule has 9 heteroatoms. The first-order valence-electron chi connectivity index (χ1n) is 6.90. The van der Waals surface area contributed by atoms with Crippen molar-refractivity contribution < 1.29 is 4.74 Å². The van der Waals surface area contributed by atoms with Gasteiger partial charge in [0, 0.05) is 12.4 Å². The van der Waals surface area contributed by atoms with Gasteiger partial charge in [-0.2, -0.15) is 5.10 Å². The highest BCUT2D eigenvalue weighted by Gasteiger charge is 2.19. The van der Waals surface area contributed by atoms with Gasteiger partial charge in [0.1, 0.15) is 5.56 Å². The highest BCUT2D eigenvalue weighted by atomic mass is 127. The van der Waals surface area contributed by atoms with Gasteiger partial charge in [0.15, 0.2) is 0 Å². The zero-order valence-corrected chi connectivity index (χ0v) is 15.8. The Bertz CT molecular complexity index is 943. The molecule has 1 unspecified atom stereocenters. The number of rotatable bonds is 5. The number of nitrogens with zero attached hydrogens (tertiary/aromatic N) is 4. The molecule has 0 aromatic carbocycles. The zero-order valence-electron chi connectivity index (χ0n) is 12.6. The van der Waals surface area contributed by atoms with E-state index in [1.807, 2.05) is 17.4 Å². The van der Waals surface area contributed by atoms with Crippen LogP contribution in [0.4, 0.5) is 0 Å². The number of hydrogen-bond donors (Lipinski definition) is 1. The van der Waals surface area contributed by atoms with E-state index in [-0.39, 0.29) is 5.56 Å². The third-order valence-electron chi connectivity index (χ3n) is 3.43. The number of aryl methyl sites for hydroxylation is 1. The van der Waals surface area contributed by atoms with Crippen LogP contribution >= 0.6 is 28.4 Å². The summed E-state index contributed by atoms with van der Waals surface area (Å²) in [5.41, 5.74) is 2.50. The molecule has 0 saturated carbocycles. The van der Waals surface area contributed by atoms with Crippen LogP contribution in [0.15, 0.2) is 23.6 Å². The van der Waals surface area contributed by atoms with Crippen molar-refractivity contribution in [1.82, 2.24) is 24.3 Å². The number of hydrogen-bond acceptors (Lipinski definition) is 4. The second kappa shape index (κ2) is 6.45. The van der Waals surface area contributed by atoms with Crippen LogP contribution in [-0.2, 0) is 7.05 Å². The quantitative estimate of drug-likeness (QED) is 0.486. The molecule has 0 amide bonds. The average Bonchev–Trinajstić information content (AvgIpc) is 3.05. The van der Waals surface area contributed by atoms with E-state index in [0.717, 1.165) is 16.6 Å². The first-order chi connectivity index (χ1) is 11.1. The first kappa shape index (κ1) is 16.2. The van der Waals surface area contributed by atoms with E-state index >= 15 is 0 Å². The molecule has 0 spiro atoms. The molecule has 0 aliphatic carbocycles. The van der Waals surface area contributed by atoms with Crippen molar-refractivity contribution in [3.63, 3.8) is 0 Å². The lowest BCUT2D eigenvalue weighted by Gasteiger charge is -2.03. The third kappa shape index (κ3) is 2.70. The fraction of sp³-hybridized carbons (Fsp3) is 0.214. The summed E-state index contributed by atoms with van der Waals surface area (Å²) in [6.45, 7) is 6.13. The van der Waals surface area contributed by atoms with Crippen molar-refractivity contribution in [2.45, 2.75) is 6.92 Å². The Morgan fingerprint density at radius 3 is 3.00 bits per heavy atom. The summed E-state index contributed by atoms with van der Waals surface area (Å²) in [4.78, 5) is 16.8. The topological polar surface area (TPSA) is 77.7 Å². The van der Waals surface area contributed by atoms with E-state index in [0.29, 0.717) is 30.1 Å². The molecule has 7 nitrogen and oxygen atoms in total. The highest BCUT2D eigenvalue weighted by Crippen LogP contribution is 2.33. The summed E-state index contributed by atoms with van der Waals surface area (Å²) in [6, 6.07) is 1.86. The Balaban J connectivity index is 2.26. The van der Waals surface area contributed by atoms with Crippen LogP contribution in [0.3, 0.4) is 0 Å². The number of aromatic amines is 1. The number of fused-ring (bicyclic) bond motifs is 1. The second-order valence-electron chi connectivity index (χ2n) is 4.79. The molecule has 23 heavy (non-hydrogen) atoms. The van der Waals surface area contributed by atoms with Gasteiger partial charge in [-0.1, -0.05) is 6.58 Å². The fourth-order valence-electron chi connectivity index (χ4n) is 2.39. The maximum absolute atomic E-state index is 12.4. The minimum Gasteiger partial charge on any atom is -0.478 e.